The topological polar surface area (TPSA) is 4.93 Å². The lowest BCUT2D eigenvalue weighted by atomic mass is 10.4. The number of rotatable bonds is 0. The molecule has 0 bridgehead atoms. The molecule has 0 saturated carbocycles. The van der Waals surface area contributed by atoms with Crippen LogP contribution in [0.15, 0.2) is 23.7 Å². The van der Waals surface area contributed by atoms with Crippen molar-refractivity contribution in [3.05, 3.63) is 29.4 Å². The Morgan fingerprint density at radius 2 is 2.56 bits per heavy atom. The highest BCUT2D eigenvalue weighted by atomic mass is 32.2. The highest BCUT2D eigenvalue weighted by Gasteiger charge is 1.99. The predicted molar refractivity (Wildman–Crippen MR) is 41.1 cm³/mol. The van der Waals surface area contributed by atoms with Gasteiger partial charge in [0.2, 0.25) is 0 Å². The molecule has 0 aliphatic carbocycles. The van der Waals surface area contributed by atoms with Gasteiger partial charge in [0.15, 0.2) is 0 Å². The van der Waals surface area contributed by atoms with Crippen LogP contribution in [0.4, 0.5) is 0 Å². The van der Waals surface area contributed by atoms with Gasteiger partial charge in [-0.05, 0) is 23.6 Å². The fraction of sp³-hybridized carbons (Fsp3) is 0.143. The summed E-state index contributed by atoms with van der Waals surface area (Å²) < 4.78 is 2.23. The summed E-state index contributed by atoms with van der Waals surface area (Å²) in [6, 6.07) is 4.20. The molecular formula is C7H7NS. The Labute approximate surface area is 58.4 Å². The Morgan fingerprint density at radius 3 is 3.44 bits per heavy atom. The minimum Gasteiger partial charge on any atom is -0.338 e. The molecule has 0 fully saturated rings. The van der Waals surface area contributed by atoms with E-state index in [0.717, 1.165) is 5.88 Å². The first-order valence-corrected chi connectivity index (χ1v) is 3.95. The van der Waals surface area contributed by atoms with Gasteiger partial charge in [-0.3, -0.25) is 0 Å². The second kappa shape index (κ2) is 1.95. The zero-order valence-electron chi connectivity index (χ0n) is 4.95. The average Bonchev–Trinajstić information content (AvgIpc) is 2.33. The van der Waals surface area contributed by atoms with Crippen molar-refractivity contribution in [2.45, 2.75) is 5.88 Å². The summed E-state index contributed by atoms with van der Waals surface area (Å²) >= 11 is 1.82. The first kappa shape index (κ1) is 5.18. The maximum atomic E-state index is 2.23. The third-order valence-corrected chi connectivity index (χ3v) is 2.17. The summed E-state index contributed by atoms with van der Waals surface area (Å²) in [5.74, 6) is 1.07. The molecule has 0 unspecified atom stereocenters. The van der Waals surface area contributed by atoms with Gasteiger partial charge in [-0.25, -0.2) is 0 Å². The van der Waals surface area contributed by atoms with Crippen LogP contribution in [0.25, 0.3) is 6.08 Å². The summed E-state index contributed by atoms with van der Waals surface area (Å²) in [6.45, 7) is 0. The normalized spacial score (nSPS) is 15.6. The molecule has 9 heavy (non-hydrogen) atoms. The molecule has 1 aromatic rings. The molecule has 0 saturated heterocycles. The van der Waals surface area contributed by atoms with Crippen molar-refractivity contribution in [1.29, 1.82) is 0 Å². The lowest BCUT2D eigenvalue weighted by Gasteiger charge is -2.07. The number of nitrogens with zero attached hydrogens (tertiary/aromatic N) is 1. The van der Waals surface area contributed by atoms with E-state index in [-0.39, 0.29) is 0 Å². The third kappa shape index (κ3) is 0.793. The van der Waals surface area contributed by atoms with E-state index in [1.807, 2.05) is 11.8 Å². The number of hydrogen-bond donors (Lipinski definition) is 0. The van der Waals surface area contributed by atoms with E-state index in [2.05, 4.69) is 34.4 Å². The summed E-state index contributed by atoms with van der Waals surface area (Å²) in [5.41, 5.74) is 1.31. The predicted octanol–water partition coefficient (Wildman–Crippen LogP) is 2.16. The zero-order chi connectivity index (χ0) is 6.10. The van der Waals surface area contributed by atoms with Crippen molar-refractivity contribution in [2.75, 3.05) is 0 Å². The van der Waals surface area contributed by atoms with Crippen LogP contribution in [0.5, 0.6) is 0 Å². The van der Waals surface area contributed by atoms with Crippen LogP contribution >= 0.6 is 11.8 Å². The standard InChI is InChI=1S/C7H7NS/c1-2-7-3-5-9-6-8(7)4-1/h1-5H,6H2. The molecular weight excluding hydrogens is 130 g/mol. The fourth-order valence-electron chi connectivity index (χ4n) is 0.937. The Morgan fingerprint density at radius 1 is 1.56 bits per heavy atom. The molecule has 0 aromatic carbocycles. The van der Waals surface area contributed by atoms with Gasteiger partial charge in [0.25, 0.3) is 0 Å². The lowest BCUT2D eigenvalue weighted by molar-refractivity contribution is 0.890. The summed E-state index contributed by atoms with van der Waals surface area (Å²) in [5, 5.41) is 2.13. The zero-order valence-corrected chi connectivity index (χ0v) is 5.77. The second-order valence-electron chi connectivity index (χ2n) is 2.00. The molecule has 1 nitrogen and oxygen atoms in total. The molecule has 1 aliphatic rings. The van der Waals surface area contributed by atoms with Crippen molar-refractivity contribution < 1.29 is 0 Å². The Kier molecular flexibility index (Phi) is 1.12. The molecule has 0 amide bonds. The second-order valence-corrected chi connectivity index (χ2v) is 2.87. The molecule has 46 valence electrons. The molecule has 2 rings (SSSR count). The highest BCUT2D eigenvalue weighted by molar-refractivity contribution is 8.01. The first-order chi connectivity index (χ1) is 4.47. The smallest absolute Gasteiger partial charge is 0.0722 e. The average molecular weight is 137 g/mol. The van der Waals surface area contributed by atoms with Gasteiger partial charge >= 0.3 is 0 Å². The minimum absolute atomic E-state index is 1.07. The van der Waals surface area contributed by atoms with Gasteiger partial charge in [-0.2, -0.15) is 0 Å². The van der Waals surface area contributed by atoms with Gasteiger partial charge < -0.3 is 4.57 Å². The monoisotopic (exact) mass is 137 g/mol. The van der Waals surface area contributed by atoms with Gasteiger partial charge in [0, 0.05) is 11.9 Å². The van der Waals surface area contributed by atoms with E-state index in [1.165, 1.54) is 5.69 Å². The largest absolute Gasteiger partial charge is 0.338 e. The van der Waals surface area contributed by atoms with E-state index in [4.69, 9.17) is 0 Å². The summed E-state index contributed by atoms with van der Waals surface area (Å²) in [6.07, 6.45) is 4.24. The number of aromatic nitrogens is 1. The van der Waals surface area contributed by atoms with Crippen LogP contribution in [0, 0.1) is 0 Å². The van der Waals surface area contributed by atoms with E-state index in [1.54, 1.807) is 0 Å². The van der Waals surface area contributed by atoms with Crippen LogP contribution in [0.2, 0.25) is 0 Å². The van der Waals surface area contributed by atoms with Gasteiger partial charge in [-0.15, -0.1) is 11.8 Å². The Balaban J connectivity index is 2.53. The number of hydrogen-bond acceptors (Lipinski definition) is 1. The van der Waals surface area contributed by atoms with E-state index in [0.29, 0.717) is 0 Å². The van der Waals surface area contributed by atoms with Crippen LogP contribution in [-0.4, -0.2) is 4.57 Å². The minimum atomic E-state index is 1.07. The maximum Gasteiger partial charge on any atom is 0.0722 e. The number of thioether (sulfide) groups is 1. The molecule has 1 aromatic heterocycles. The quantitative estimate of drug-likeness (QED) is 0.530. The van der Waals surface area contributed by atoms with E-state index < -0.39 is 0 Å². The van der Waals surface area contributed by atoms with Gasteiger partial charge in [-0.1, -0.05) is 0 Å². The van der Waals surface area contributed by atoms with Crippen molar-refractivity contribution in [2.24, 2.45) is 0 Å². The van der Waals surface area contributed by atoms with Crippen molar-refractivity contribution in [3.63, 3.8) is 0 Å². The van der Waals surface area contributed by atoms with Gasteiger partial charge in [0.05, 0.1) is 5.88 Å². The van der Waals surface area contributed by atoms with Crippen LogP contribution < -0.4 is 0 Å². The van der Waals surface area contributed by atoms with Gasteiger partial charge in [0.1, 0.15) is 0 Å². The summed E-state index contributed by atoms with van der Waals surface area (Å²) in [4.78, 5) is 0. The Bertz CT molecular complexity index is 237. The molecule has 1 aliphatic heterocycles. The van der Waals surface area contributed by atoms with Crippen molar-refractivity contribution in [1.82, 2.24) is 4.57 Å². The summed E-state index contributed by atoms with van der Waals surface area (Å²) in [7, 11) is 0. The van der Waals surface area contributed by atoms with Crippen LogP contribution in [0.3, 0.4) is 0 Å². The van der Waals surface area contributed by atoms with Crippen molar-refractivity contribution >= 4 is 17.8 Å². The molecule has 0 atom stereocenters. The van der Waals surface area contributed by atoms with Crippen LogP contribution in [0.1, 0.15) is 5.69 Å². The molecule has 0 spiro atoms. The molecule has 2 heterocycles. The fourth-order valence-corrected chi connectivity index (χ4v) is 1.65. The van der Waals surface area contributed by atoms with Crippen LogP contribution in [-0.2, 0) is 5.88 Å². The maximum absolute atomic E-state index is 2.23. The van der Waals surface area contributed by atoms with E-state index >= 15 is 0 Å². The SMILES string of the molecule is C1=Cc2cccn2CS1. The molecule has 0 N–H and O–H groups in total. The Hall–Kier alpha value is -0.630. The third-order valence-electron chi connectivity index (χ3n) is 1.41. The highest BCUT2D eigenvalue weighted by Crippen LogP contribution is 2.18. The number of fused-ring (bicyclic) bond motifs is 1. The lowest BCUT2D eigenvalue weighted by Crippen LogP contribution is -1.96. The first-order valence-electron chi connectivity index (χ1n) is 2.90. The van der Waals surface area contributed by atoms with Crippen molar-refractivity contribution in [3.8, 4) is 0 Å². The molecule has 0 radical (unpaired) electrons. The van der Waals surface area contributed by atoms with E-state index in [9.17, 15) is 0 Å². The molecule has 2 heteroatoms.